The van der Waals surface area contributed by atoms with Crippen molar-refractivity contribution < 1.29 is 6.25 Å². The van der Waals surface area contributed by atoms with Crippen LogP contribution in [0.2, 0.25) is 1.41 Å². The van der Waals surface area contributed by atoms with E-state index in [0.717, 1.165) is 5.47 Å². The molecule has 5 nitrogen and oxygen atoms in total. The molecule has 1 aromatic rings. The number of aromatic nitrogens is 2. The van der Waals surface area contributed by atoms with Gasteiger partial charge in [0.1, 0.15) is 6.17 Å². The Morgan fingerprint density at radius 1 is 1.57 bits per heavy atom. The molecule has 1 aliphatic heterocycles. The van der Waals surface area contributed by atoms with Gasteiger partial charge in [-0.05, 0) is 13.2 Å². The quantitative estimate of drug-likeness (QED) is 0.580. The van der Waals surface area contributed by atoms with Crippen molar-refractivity contribution in [3.63, 3.8) is 0 Å². The Hall–Kier alpha value is -1.14. The summed E-state index contributed by atoms with van der Waals surface area (Å²) in [5.74, 6) is 0.394. The van der Waals surface area contributed by atoms with Crippen LogP contribution in [0.1, 0.15) is 12.5 Å². The van der Waals surface area contributed by atoms with Crippen molar-refractivity contribution in [2.45, 2.75) is 18.2 Å². The number of hydroxylamine groups is 1. The molecule has 1 unspecified atom stereocenters. The third-order valence-electron chi connectivity index (χ3n) is 1.65. The summed E-state index contributed by atoms with van der Waals surface area (Å²) in [6.07, 6.45) is 4.90. The van der Waals surface area contributed by atoms with Crippen LogP contribution >= 0.6 is 11.8 Å². The monoisotopic (exact) mass is 211 g/mol. The lowest BCUT2D eigenvalue weighted by atomic mass is 10.3. The average molecular weight is 211 g/mol. The zero-order chi connectivity index (χ0) is 10.8. The van der Waals surface area contributed by atoms with Crippen molar-refractivity contribution in [1.82, 2.24) is 15.4 Å². The second-order valence-corrected chi connectivity index (χ2v) is 3.49. The van der Waals surface area contributed by atoms with Crippen molar-refractivity contribution in [1.29, 1.82) is 0 Å². The summed E-state index contributed by atoms with van der Waals surface area (Å²) >= 11 is 1.47. The van der Waals surface area contributed by atoms with Gasteiger partial charge in [-0.1, -0.05) is 11.8 Å². The highest BCUT2D eigenvalue weighted by atomic mass is 32.2. The van der Waals surface area contributed by atoms with Crippen molar-refractivity contribution in [3.8, 4) is 0 Å². The standard InChI is InChI=1S/C8H10N4OS/c1-5-11-7(13-12-5)6-3-9-8(14-2)10-4-6/h3-5,12H,1-2H3/i/hD. The molecule has 0 saturated heterocycles. The number of thioether (sulfide) groups is 1. The Morgan fingerprint density at radius 3 is 2.79 bits per heavy atom. The molecule has 74 valence electrons. The predicted octanol–water partition coefficient (Wildman–Crippen LogP) is 0.826. The third-order valence-corrected chi connectivity index (χ3v) is 2.23. The maximum Gasteiger partial charge on any atom is 0.245 e. The second kappa shape index (κ2) is 3.93. The van der Waals surface area contributed by atoms with E-state index in [1.807, 2.05) is 6.26 Å². The fourth-order valence-corrected chi connectivity index (χ4v) is 1.32. The summed E-state index contributed by atoms with van der Waals surface area (Å²) in [6, 6.07) is 0. The minimum atomic E-state index is -0.291. The van der Waals surface area contributed by atoms with Gasteiger partial charge in [0.25, 0.3) is 0 Å². The molecule has 0 aromatic carbocycles. The first-order chi connectivity index (χ1) is 7.20. The number of hydrogen-bond donors (Lipinski definition) is 1. The molecule has 0 amide bonds. The van der Waals surface area contributed by atoms with E-state index < -0.39 is 0 Å². The summed E-state index contributed by atoms with van der Waals surface area (Å²) in [4.78, 5) is 17.4. The fraction of sp³-hybridized carbons (Fsp3) is 0.375. The van der Waals surface area contributed by atoms with Crippen LogP contribution in [0, 0.1) is 0 Å². The van der Waals surface area contributed by atoms with E-state index in [0.29, 0.717) is 16.6 Å². The SMILES string of the molecule is [2H]N1OC(c2cnc(SC)nc2)=NC1C. The first kappa shape index (κ1) is 8.19. The number of hydrogen-bond acceptors (Lipinski definition) is 6. The molecular formula is C8H10N4OS. The minimum absolute atomic E-state index is 0.291. The fourth-order valence-electron chi connectivity index (χ4n) is 1.00. The summed E-state index contributed by atoms with van der Waals surface area (Å²) in [7, 11) is 0. The van der Waals surface area contributed by atoms with Crippen LogP contribution in [0.15, 0.2) is 22.5 Å². The maximum absolute atomic E-state index is 7.35. The molecule has 0 fully saturated rings. The maximum atomic E-state index is 7.35. The van der Waals surface area contributed by atoms with Gasteiger partial charge >= 0.3 is 0 Å². The van der Waals surface area contributed by atoms with Crippen LogP contribution in [-0.2, 0) is 4.84 Å². The molecule has 0 aliphatic carbocycles. The van der Waals surface area contributed by atoms with E-state index in [4.69, 9.17) is 6.25 Å². The Bertz CT molecular complexity index is 383. The van der Waals surface area contributed by atoms with Crippen LogP contribution in [0.25, 0.3) is 0 Å². The summed E-state index contributed by atoms with van der Waals surface area (Å²) in [5, 5.41) is 0.702. The van der Waals surface area contributed by atoms with Crippen molar-refractivity contribution >= 4 is 17.7 Å². The molecule has 2 rings (SSSR count). The van der Waals surface area contributed by atoms with Crippen LogP contribution in [0.5, 0.6) is 0 Å². The summed E-state index contributed by atoms with van der Waals surface area (Å²) in [5.41, 5.74) is 1.63. The second-order valence-electron chi connectivity index (χ2n) is 2.72. The molecule has 0 radical (unpaired) electrons. The van der Waals surface area contributed by atoms with Gasteiger partial charge in [-0.2, -0.15) is 0 Å². The van der Waals surface area contributed by atoms with Crippen LogP contribution in [-0.4, -0.2) is 28.3 Å². The van der Waals surface area contributed by atoms with E-state index >= 15 is 0 Å². The van der Waals surface area contributed by atoms with Gasteiger partial charge in [-0.15, -0.1) is 5.47 Å². The number of aliphatic imine (C=N–C) groups is 1. The van der Waals surface area contributed by atoms with Gasteiger partial charge in [0.05, 0.1) is 5.56 Å². The topological polar surface area (TPSA) is 59.4 Å². The number of nitrogens with one attached hydrogen (secondary N) is 1. The van der Waals surface area contributed by atoms with Crippen molar-refractivity contribution in [2.24, 2.45) is 4.99 Å². The molecule has 6 heteroatoms. The Labute approximate surface area is 87.4 Å². The van der Waals surface area contributed by atoms with Crippen LogP contribution < -0.4 is 5.47 Å². The van der Waals surface area contributed by atoms with Gasteiger partial charge in [-0.25, -0.2) is 15.0 Å². The smallest absolute Gasteiger partial charge is 0.245 e. The highest BCUT2D eigenvalue weighted by Crippen LogP contribution is 2.10. The van der Waals surface area contributed by atoms with Gasteiger partial charge in [0, 0.05) is 12.4 Å². The lowest BCUT2D eigenvalue weighted by Gasteiger charge is -1.99. The predicted molar refractivity (Wildman–Crippen MR) is 54.0 cm³/mol. The molecule has 1 N–H and O–H groups in total. The van der Waals surface area contributed by atoms with Crippen molar-refractivity contribution in [3.05, 3.63) is 18.0 Å². The number of rotatable bonds is 2. The Balaban J connectivity index is 2.20. The lowest BCUT2D eigenvalue weighted by molar-refractivity contribution is 0.186. The average Bonchev–Trinajstić information content (AvgIpc) is 2.59. The highest BCUT2D eigenvalue weighted by Gasteiger charge is 2.16. The van der Waals surface area contributed by atoms with Gasteiger partial charge < -0.3 is 4.84 Å². The minimum Gasteiger partial charge on any atom is -0.386 e. The van der Waals surface area contributed by atoms with Crippen LogP contribution in [0.4, 0.5) is 0 Å². The van der Waals surface area contributed by atoms with Gasteiger partial charge in [0.15, 0.2) is 6.57 Å². The lowest BCUT2D eigenvalue weighted by Crippen LogP contribution is -2.17. The van der Waals surface area contributed by atoms with E-state index in [1.54, 1.807) is 19.3 Å². The molecule has 1 aromatic heterocycles. The Morgan fingerprint density at radius 2 is 2.29 bits per heavy atom. The van der Waals surface area contributed by atoms with E-state index in [-0.39, 0.29) is 6.17 Å². The van der Waals surface area contributed by atoms with E-state index in [9.17, 15) is 0 Å². The van der Waals surface area contributed by atoms with Gasteiger partial charge in [-0.3, -0.25) is 0 Å². The molecule has 1 aliphatic rings. The molecule has 0 bridgehead atoms. The Kier molecular flexibility index (Phi) is 2.30. The third kappa shape index (κ3) is 1.85. The summed E-state index contributed by atoms with van der Waals surface area (Å²) < 4.78 is 7.35. The summed E-state index contributed by atoms with van der Waals surface area (Å²) in [6.45, 7) is 1.77. The van der Waals surface area contributed by atoms with Crippen molar-refractivity contribution in [2.75, 3.05) is 6.26 Å². The normalized spacial score (nSPS) is 22.9. The molecule has 14 heavy (non-hydrogen) atoms. The molecule has 0 spiro atoms. The molecule has 1 atom stereocenters. The van der Waals surface area contributed by atoms with E-state index in [1.165, 1.54) is 11.8 Å². The van der Waals surface area contributed by atoms with Crippen LogP contribution in [0.3, 0.4) is 0 Å². The van der Waals surface area contributed by atoms with E-state index in [2.05, 4.69) is 15.0 Å². The number of nitrogens with zero attached hydrogens (tertiary/aromatic N) is 3. The molecule has 0 saturated carbocycles. The molecule has 2 heterocycles. The van der Waals surface area contributed by atoms with Gasteiger partial charge in [0.2, 0.25) is 5.90 Å². The largest absolute Gasteiger partial charge is 0.386 e. The zero-order valence-electron chi connectivity index (χ0n) is 8.84. The highest BCUT2D eigenvalue weighted by molar-refractivity contribution is 7.98. The zero-order valence-corrected chi connectivity index (χ0v) is 8.65. The first-order valence-electron chi connectivity index (χ1n) is 4.55. The first-order valence-corrected chi connectivity index (χ1v) is 5.33. The molecular weight excluding hydrogens is 200 g/mol.